The number of carbonyl (C=O) groups is 1. The Morgan fingerprint density at radius 1 is 1.12 bits per heavy atom. The Bertz CT molecular complexity index is 1180. The number of nitrogens with two attached hydrogens (primary N) is 1. The number of halogens is 2. The van der Waals surface area contributed by atoms with E-state index in [-0.39, 0.29) is 34.9 Å². The summed E-state index contributed by atoms with van der Waals surface area (Å²) in [4.78, 5) is 20.2. The van der Waals surface area contributed by atoms with Crippen molar-refractivity contribution < 1.29 is 13.6 Å². The molecule has 2 fully saturated rings. The van der Waals surface area contributed by atoms with Crippen molar-refractivity contribution in [1.29, 1.82) is 0 Å². The van der Waals surface area contributed by atoms with Gasteiger partial charge >= 0.3 is 0 Å². The third-order valence-corrected chi connectivity index (χ3v) is 6.44. The number of hydrogen-bond donors (Lipinski definition) is 2. The summed E-state index contributed by atoms with van der Waals surface area (Å²) in [6.45, 7) is 2.86. The maximum Gasteiger partial charge on any atom is 0.225 e. The lowest BCUT2D eigenvalue weighted by atomic mass is 10.1. The highest BCUT2D eigenvalue weighted by molar-refractivity contribution is 5.95. The van der Waals surface area contributed by atoms with Crippen molar-refractivity contribution in [2.24, 2.45) is 5.73 Å². The predicted molar refractivity (Wildman–Crippen MR) is 124 cm³/mol. The molecule has 1 aromatic heterocycles. The van der Waals surface area contributed by atoms with Crippen molar-refractivity contribution in [3.8, 4) is 0 Å². The number of nitrogens with zero attached hydrogens (tertiary/aromatic N) is 4. The molecule has 3 aromatic rings. The molecule has 1 aliphatic heterocycles. The molecule has 1 saturated carbocycles. The van der Waals surface area contributed by atoms with Crippen LogP contribution in [-0.4, -0.2) is 53.6 Å². The fraction of sp³-hybridized carbons (Fsp3) is 0.417. The van der Waals surface area contributed by atoms with Gasteiger partial charge in [-0.3, -0.25) is 4.79 Å². The van der Waals surface area contributed by atoms with Gasteiger partial charge < -0.3 is 25.4 Å². The SMILES string of the molecule is CN1CCN(c2c(F)c(NCc3ccccc3)c3nc(CC(N)=O)n(C4CC4)c3c2F)CC1. The van der Waals surface area contributed by atoms with Crippen LogP contribution in [0, 0.1) is 11.6 Å². The minimum Gasteiger partial charge on any atom is -0.377 e. The zero-order chi connectivity index (χ0) is 23.1. The first-order valence-corrected chi connectivity index (χ1v) is 11.4. The number of fused-ring (bicyclic) bond motifs is 1. The number of primary amides is 1. The fourth-order valence-electron chi connectivity index (χ4n) is 4.56. The van der Waals surface area contributed by atoms with Gasteiger partial charge in [-0.2, -0.15) is 0 Å². The molecule has 33 heavy (non-hydrogen) atoms. The molecule has 7 nitrogen and oxygen atoms in total. The van der Waals surface area contributed by atoms with E-state index in [9.17, 15) is 4.79 Å². The van der Waals surface area contributed by atoms with Crippen LogP contribution in [0.25, 0.3) is 11.0 Å². The van der Waals surface area contributed by atoms with Gasteiger partial charge in [0.2, 0.25) is 5.91 Å². The fourth-order valence-corrected chi connectivity index (χ4v) is 4.56. The standard InChI is InChI=1S/C24H28F2N6O/c1-30-9-11-31(12-10-30)23-19(25)21(28-14-15-5-3-2-4-6-15)22-24(20(23)26)32(16-7-8-16)18(29-22)13-17(27)33/h2-6,16,28H,7-14H2,1H3,(H2,27,33). The first-order chi connectivity index (χ1) is 15.9. The Balaban J connectivity index is 1.67. The van der Waals surface area contributed by atoms with E-state index in [2.05, 4.69) is 15.2 Å². The van der Waals surface area contributed by atoms with Gasteiger partial charge in [0.05, 0.1) is 6.42 Å². The summed E-state index contributed by atoms with van der Waals surface area (Å²) >= 11 is 0. The van der Waals surface area contributed by atoms with E-state index in [1.807, 2.05) is 37.4 Å². The van der Waals surface area contributed by atoms with E-state index in [1.54, 1.807) is 9.47 Å². The zero-order valence-electron chi connectivity index (χ0n) is 18.7. The summed E-state index contributed by atoms with van der Waals surface area (Å²) < 4.78 is 33.8. The first kappa shape index (κ1) is 21.6. The Morgan fingerprint density at radius 3 is 2.45 bits per heavy atom. The number of aromatic nitrogens is 2. The molecule has 0 atom stereocenters. The molecule has 5 rings (SSSR count). The molecule has 1 saturated heterocycles. The molecule has 2 aromatic carbocycles. The van der Waals surface area contributed by atoms with Gasteiger partial charge in [-0.05, 0) is 25.5 Å². The zero-order valence-corrected chi connectivity index (χ0v) is 18.7. The Hall–Kier alpha value is -3.20. The number of anilines is 2. The molecule has 1 amide bonds. The number of carbonyl (C=O) groups excluding carboxylic acids is 1. The normalized spacial score (nSPS) is 17.0. The summed E-state index contributed by atoms with van der Waals surface area (Å²) in [5.74, 6) is -1.43. The lowest BCUT2D eigenvalue weighted by Crippen LogP contribution is -2.45. The van der Waals surface area contributed by atoms with Crippen LogP contribution in [-0.2, 0) is 17.8 Å². The second kappa shape index (κ2) is 8.62. The monoisotopic (exact) mass is 454 g/mol. The number of amides is 1. The van der Waals surface area contributed by atoms with E-state index in [0.717, 1.165) is 31.5 Å². The van der Waals surface area contributed by atoms with Crippen LogP contribution in [0.1, 0.15) is 30.3 Å². The summed E-state index contributed by atoms with van der Waals surface area (Å²) in [5.41, 5.74) is 7.01. The number of piperazine rings is 1. The molecule has 2 heterocycles. The van der Waals surface area contributed by atoms with Crippen LogP contribution >= 0.6 is 0 Å². The minimum absolute atomic E-state index is 0.0291. The van der Waals surface area contributed by atoms with Crippen molar-refractivity contribution in [2.75, 3.05) is 43.4 Å². The quantitative estimate of drug-likeness (QED) is 0.574. The molecule has 2 aliphatic rings. The van der Waals surface area contributed by atoms with Crippen LogP contribution in [0.15, 0.2) is 30.3 Å². The molecule has 3 N–H and O–H groups in total. The number of nitrogens with one attached hydrogen (secondary N) is 1. The van der Waals surface area contributed by atoms with Gasteiger partial charge in [0.25, 0.3) is 0 Å². The molecular weight excluding hydrogens is 426 g/mol. The topological polar surface area (TPSA) is 79.4 Å². The number of hydrogen-bond acceptors (Lipinski definition) is 5. The van der Waals surface area contributed by atoms with Gasteiger partial charge in [0.15, 0.2) is 11.6 Å². The molecular formula is C24H28F2N6O. The van der Waals surface area contributed by atoms with Crippen molar-refractivity contribution in [3.63, 3.8) is 0 Å². The number of benzene rings is 2. The predicted octanol–water partition coefficient (Wildman–Crippen LogP) is 3.04. The minimum atomic E-state index is -0.647. The number of rotatable bonds is 7. The highest BCUT2D eigenvalue weighted by Gasteiger charge is 2.35. The van der Waals surface area contributed by atoms with Crippen molar-refractivity contribution in [2.45, 2.75) is 31.8 Å². The maximum absolute atomic E-state index is 16.1. The summed E-state index contributed by atoms with van der Waals surface area (Å²) in [5, 5.41) is 3.17. The van der Waals surface area contributed by atoms with Gasteiger partial charge in [0, 0.05) is 38.8 Å². The molecule has 174 valence electrons. The smallest absolute Gasteiger partial charge is 0.225 e. The van der Waals surface area contributed by atoms with Crippen LogP contribution in [0.5, 0.6) is 0 Å². The Morgan fingerprint density at radius 2 is 1.82 bits per heavy atom. The lowest BCUT2D eigenvalue weighted by Gasteiger charge is -2.34. The lowest BCUT2D eigenvalue weighted by molar-refractivity contribution is -0.117. The van der Waals surface area contributed by atoms with Gasteiger partial charge in [0.1, 0.15) is 28.2 Å². The maximum atomic E-state index is 16.1. The second-order valence-corrected chi connectivity index (χ2v) is 8.95. The number of imidazole rings is 1. The van der Waals surface area contributed by atoms with E-state index < -0.39 is 17.5 Å². The third kappa shape index (κ3) is 4.13. The van der Waals surface area contributed by atoms with E-state index in [0.29, 0.717) is 25.5 Å². The highest BCUT2D eigenvalue weighted by Crippen LogP contribution is 2.44. The summed E-state index contributed by atoms with van der Waals surface area (Å²) in [6, 6.07) is 9.67. The summed E-state index contributed by atoms with van der Waals surface area (Å²) in [6.07, 6.45) is 1.61. The Labute approximate surface area is 191 Å². The number of likely N-dealkylation sites (N-methyl/N-ethyl adjacent to an activating group) is 1. The largest absolute Gasteiger partial charge is 0.377 e. The van der Waals surface area contributed by atoms with Crippen LogP contribution in [0.2, 0.25) is 0 Å². The van der Waals surface area contributed by atoms with Crippen LogP contribution < -0.4 is 16.0 Å². The average molecular weight is 455 g/mol. The van der Waals surface area contributed by atoms with E-state index in [1.165, 1.54) is 0 Å². The molecule has 0 unspecified atom stereocenters. The van der Waals surface area contributed by atoms with Crippen molar-refractivity contribution >= 4 is 28.3 Å². The van der Waals surface area contributed by atoms with E-state index in [4.69, 9.17) is 5.73 Å². The molecule has 0 radical (unpaired) electrons. The Kier molecular flexibility index (Phi) is 5.65. The third-order valence-electron chi connectivity index (χ3n) is 6.44. The average Bonchev–Trinajstić information content (AvgIpc) is 3.56. The second-order valence-electron chi connectivity index (χ2n) is 8.95. The van der Waals surface area contributed by atoms with Crippen LogP contribution in [0.4, 0.5) is 20.2 Å². The van der Waals surface area contributed by atoms with Gasteiger partial charge in [-0.25, -0.2) is 13.8 Å². The van der Waals surface area contributed by atoms with Crippen molar-refractivity contribution in [3.05, 3.63) is 53.4 Å². The van der Waals surface area contributed by atoms with Gasteiger partial charge in [-0.15, -0.1) is 0 Å². The highest BCUT2D eigenvalue weighted by atomic mass is 19.1. The summed E-state index contributed by atoms with van der Waals surface area (Å²) in [7, 11) is 2.00. The molecule has 0 spiro atoms. The molecule has 1 aliphatic carbocycles. The van der Waals surface area contributed by atoms with E-state index >= 15 is 8.78 Å². The molecule has 0 bridgehead atoms. The molecule has 9 heteroatoms. The first-order valence-electron chi connectivity index (χ1n) is 11.4. The van der Waals surface area contributed by atoms with Crippen LogP contribution in [0.3, 0.4) is 0 Å². The van der Waals surface area contributed by atoms with Crippen molar-refractivity contribution in [1.82, 2.24) is 14.5 Å². The van der Waals surface area contributed by atoms with Gasteiger partial charge in [-0.1, -0.05) is 30.3 Å².